The van der Waals surface area contributed by atoms with E-state index in [-0.39, 0.29) is 0 Å². The number of carboxylic acids is 1. The second-order valence-electron chi connectivity index (χ2n) is 5.33. The molecule has 0 aliphatic rings. The number of aliphatic carboxylic acids is 1. The third kappa shape index (κ3) is 3.44. The van der Waals surface area contributed by atoms with Crippen LogP contribution >= 0.6 is 0 Å². The molecular formula is C17H19NO2. The fourth-order valence-electron chi connectivity index (χ4n) is 2.23. The lowest BCUT2D eigenvalue weighted by atomic mass is 9.93. The highest BCUT2D eigenvalue weighted by Crippen LogP contribution is 2.25. The van der Waals surface area contributed by atoms with Crippen LogP contribution in [0.2, 0.25) is 0 Å². The Morgan fingerprint density at radius 2 is 1.80 bits per heavy atom. The van der Waals surface area contributed by atoms with E-state index in [4.69, 9.17) is 0 Å². The molecular weight excluding hydrogens is 250 g/mol. The van der Waals surface area contributed by atoms with Crippen LogP contribution in [0.3, 0.4) is 0 Å². The number of pyridine rings is 1. The van der Waals surface area contributed by atoms with Gasteiger partial charge in [-0.3, -0.25) is 9.78 Å². The van der Waals surface area contributed by atoms with Crippen LogP contribution in [0.4, 0.5) is 0 Å². The summed E-state index contributed by atoms with van der Waals surface area (Å²) < 4.78 is 0. The van der Waals surface area contributed by atoms with Crippen LogP contribution in [-0.4, -0.2) is 16.1 Å². The van der Waals surface area contributed by atoms with E-state index in [1.54, 1.807) is 6.07 Å². The van der Waals surface area contributed by atoms with Gasteiger partial charge in [0, 0.05) is 5.56 Å². The molecule has 1 atom stereocenters. The third-order valence-electron chi connectivity index (χ3n) is 3.20. The minimum Gasteiger partial charge on any atom is -0.481 e. The largest absolute Gasteiger partial charge is 0.481 e. The SMILES string of the molecule is CC(C)CC(C(=O)O)c1cccc(-c2ccccc2)n1. The van der Waals surface area contributed by atoms with Gasteiger partial charge in [-0.1, -0.05) is 50.2 Å². The molecule has 0 amide bonds. The van der Waals surface area contributed by atoms with Gasteiger partial charge in [-0.05, 0) is 24.5 Å². The average molecular weight is 269 g/mol. The fourth-order valence-corrected chi connectivity index (χ4v) is 2.23. The van der Waals surface area contributed by atoms with Crippen LogP contribution in [0.15, 0.2) is 48.5 Å². The van der Waals surface area contributed by atoms with Crippen molar-refractivity contribution >= 4 is 5.97 Å². The first-order valence-corrected chi connectivity index (χ1v) is 6.83. The Morgan fingerprint density at radius 1 is 1.10 bits per heavy atom. The molecule has 20 heavy (non-hydrogen) atoms. The highest BCUT2D eigenvalue weighted by Gasteiger charge is 2.22. The summed E-state index contributed by atoms with van der Waals surface area (Å²) in [5.74, 6) is -1.03. The normalized spacial score (nSPS) is 12.3. The van der Waals surface area contributed by atoms with Crippen LogP contribution in [0.1, 0.15) is 31.9 Å². The molecule has 1 aromatic heterocycles. The predicted octanol–water partition coefficient (Wildman–Crippen LogP) is 3.96. The summed E-state index contributed by atoms with van der Waals surface area (Å²) in [6.45, 7) is 4.05. The molecule has 3 heteroatoms. The summed E-state index contributed by atoms with van der Waals surface area (Å²) in [5, 5.41) is 9.40. The monoisotopic (exact) mass is 269 g/mol. The summed E-state index contributed by atoms with van der Waals surface area (Å²) in [7, 11) is 0. The summed E-state index contributed by atoms with van der Waals surface area (Å²) in [6.07, 6.45) is 0.598. The van der Waals surface area contributed by atoms with Crippen LogP contribution in [0.25, 0.3) is 11.3 Å². The van der Waals surface area contributed by atoms with E-state index in [1.807, 2.05) is 56.3 Å². The van der Waals surface area contributed by atoms with Crippen LogP contribution in [-0.2, 0) is 4.79 Å². The van der Waals surface area contributed by atoms with Gasteiger partial charge in [-0.15, -0.1) is 0 Å². The highest BCUT2D eigenvalue weighted by molar-refractivity contribution is 5.75. The summed E-state index contributed by atoms with van der Waals surface area (Å²) >= 11 is 0. The van der Waals surface area contributed by atoms with E-state index in [0.29, 0.717) is 18.0 Å². The predicted molar refractivity (Wildman–Crippen MR) is 79.5 cm³/mol. The van der Waals surface area contributed by atoms with Crippen molar-refractivity contribution in [3.8, 4) is 11.3 Å². The number of carbonyl (C=O) groups is 1. The molecule has 104 valence electrons. The second kappa shape index (κ2) is 6.33. The van der Waals surface area contributed by atoms with Gasteiger partial charge in [0.2, 0.25) is 0 Å². The first-order chi connectivity index (χ1) is 9.58. The Hall–Kier alpha value is -2.16. The van der Waals surface area contributed by atoms with Crippen LogP contribution in [0.5, 0.6) is 0 Å². The van der Waals surface area contributed by atoms with Gasteiger partial charge in [0.25, 0.3) is 0 Å². The van der Waals surface area contributed by atoms with Crippen molar-refractivity contribution in [2.24, 2.45) is 5.92 Å². The van der Waals surface area contributed by atoms with Gasteiger partial charge in [0.15, 0.2) is 0 Å². The molecule has 0 spiro atoms. The Bertz CT molecular complexity index is 579. The number of rotatable bonds is 5. The van der Waals surface area contributed by atoms with Crippen molar-refractivity contribution in [1.82, 2.24) is 4.98 Å². The maximum Gasteiger partial charge on any atom is 0.312 e. The molecule has 0 saturated heterocycles. The van der Waals surface area contributed by atoms with E-state index in [2.05, 4.69) is 4.98 Å². The molecule has 1 aromatic carbocycles. The van der Waals surface area contributed by atoms with Gasteiger partial charge in [0.05, 0.1) is 17.3 Å². The maximum absolute atomic E-state index is 11.4. The highest BCUT2D eigenvalue weighted by atomic mass is 16.4. The number of hydrogen-bond acceptors (Lipinski definition) is 2. The fraction of sp³-hybridized carbons (Fsp3) is 0.294. The molecule has 1 heterocycles. The summed E-state index contributed by atoms with van der Waals surface area (Å²) in [5.41, 5.74) is 2.45. The molecule has 2 rings (SSSR count). The molecule has 1 unspecified atom stereocenters. The molecule has 3 nitrogen and oxygen atoms in total. The minimum atomic E-state index is -0.809. The molecule has 2 aromatic rings. The van der Waals surface area contributed by atoms with Gasteiger partial charge in [-0.2, -0.15) is 0 Å². The quantitative estimate of drug-likeness (QED) is 0.893. The van der Waals surface area contributed by atoms with E-state index >= 15 is 0 Å². The van der Waals surface area contributed by atoms with Crippen molar-refractivity contribution in [3.05, 3.63) is 54.2 Å². The van der Waals surface area contributed by atoms with Crippen molar-refractivity contribution in [1.29, 1.82) is 0 Å². The van der Waals surface area contributed by atoms with Crippen LogP contribution < -0.4 is 0 Å². The maximum atomic E-state index is 11.4. The Kier molecular flexibility index (Phi) is 4.51. The zero-order valence-electron chi connectivity index (χ0n) is 11.8. The number of benzene rings is 1. The van der Waals surface area contributed by atoms with E-state index in [9.17, 15) is 9.90 Å². The van der Waals surface area contributed by atoms with Crippen LogP contribution in [0, 0.1) is 5.92 Å². The molecule has 0 aliphatic heterocycles. The van der Waals surface area contributed by atoms with Gasteiger partial charge in [0.1, 0.15) is 0 Å². The zero-order valence-corrected chi connectivity index (χ0v) is 11.8. The molecule has 1 N–H and O–H groups in total. The smallest absolute Gasteiger partial charge is 0.312 e. The number of hydrogen-bond donors (Lipinski definition) is 1. The second-order valence-corrected chi connectivity index (χ2v) is 5.33. The van der Waals surface area contributed by atoms with Gasteiger partial charge < -0.3 is 5.11 Å². The lowest BCUT2D eigenvalue weighted by Gasteiger charge is -2.15. The lowest BCUT2D eigenvalue weighted by Crippen LogP contribution is -2.15. The number of aromatic nitrogens is 1. The first-order valence-electron chi connectivity index (χ1n) is 6.83. The van der Waals surface area contributed by atoms with Crippen molar-refractivity contribution < 1.29 is 9.90 Å². The van der Waals surface area contributed by atoms with Gasteiger partial charge in [-0.25, -0.2) is 0 Å². The molecule has 0 aliphatic carbocycles. The standard InChI is InChI=1S/C17H19NO2/c1-12(2)11-14(17(19)20)16-10-6-9-15(18-16)13-7-4-3-5-8-13/h3-10,12,14H,11H2,1-2H3,(H,19,20). The molecule has 0 bridgehead atoms. The van der Waals surface area contributed by atoms with Crippen molar-refractivity contribution in [2.75, 3.05) is 0 Å². The average Bonchev–Trinajstić information content (AvgIpc) is 2.45. The van der Waals surface area contributed by atoms with E-state index < -0.39 is 11.9 Å². The van der Waals surface area contributed by atoms with Crippen molar-refractivity contribution in [2.45, 2.75) is 26.2 Å². The first kappa shape index (κ1) is 14.3. The van der Waals surface area contributed by atoms with Gasteiger partial charge >= 0.3 is 5.97 Å². The Morgan fingerprint density at radius 3 is 2.40 bits per heavy atom. The van der Waals surface area contributed by atoms with Crippen molar-refractivity contribution in [3.63, 3.8) is 0 Å². The number of nitrogens with zero attached hydrogens (tertiary/aromatic N) is 1. The Balaban J connectivity index is 2.35. The molecule has 0 saturated carbocycles. The lowest BCUT2D eigenvalue weighted by molar-refractivity contribution is -0.139. The molecule has 0 fully saturated rings. The number of carboxylic acid groups (broad SMARTS) is 1. The summed E-state index contributed by atoms with van der Waals surface area (Å²) in [6, 6.07) is 15.4. The minimum absolute atomic E-state index is 0.318. The third-order valence-corrected chi connectivity index (χ3v) is 3.20. The Labute approximate surface area is 119 Å². The zero-order chi connectivity index (χ0) is 14.5. The van der Waals surface area contributed by atoms with E-state index in [0.717, 1.165) is 11.3 Å². The van der Waals surface area contributed by atoms with E-state index in [1.165, 1.54) is 0 Å². The topological polar surface area (TPSA) is 50.2 Å². The molecule has 0 radical (unpaired) electrons. The summed E-state index contributed by atoms with van der Waals surface area (Å²) in [4.78, 5) is 16.0.